The van der Waals surface area contributed by atoms with Gasteiger partial charge in [0.15, 0.2) is 5.78 Å². The predicted molar refractivity (Wildman–Crippen MR) is 73.9 cm³/mol. The number of hydrogen-bond donors (Lipinski definition) is 0. The van der Waals surface area contributed by atoms with Gasteiger partial charge in [0.05, 0.1) is 17.8 Å². The maximum atomic E-state index is 11.8. The molecule has 1 aromatic rings. The molecule has 0 aliphatic carbocycles. The highest BCUT2D eigenvalue weighted by molar-refractivity contribution is 6.16. The van der Waals surface area contributed by atoms with E-state index in [4.69, 9.17) is 0 Å². The molecule has 2 saturated heterocycles. The zero-order valence-corrected chi connectivity index (χ0v) is 11.4. The van der Waals surface area contributed by atoms with Crippen LogP contribution < -0.4 is 4.90 Å². The highest BCUT2D eigenvalue weighted by atomic mass is 16.2. The molecule has 0 unspecified atom stereocenters. The summed E-state index contributed by atoms with van der Waals surface area (Å²) in [6, 6.07) is 1.75. The van der Waals surface area contributed by atoms with Crippen molar-refractivity contribution in [3.63, 3.8) is 0 Å². The largest absolute Gasteiger partial charge is 0.341 e. The molecule has 1 aromatic heterocycles. The Morgan fingerprint density at radius 2 is 2.00 bits per heavy atom. The minimum Gasteiger partial charge on any atom is -0.341 e. The number of amides is 1. The standard InChI is InChI=1S/C14H16N4O2/c1-17-11(12(19)9-13(17)20)8-10-4-5-15-14(16-10)18-6-2-3-7-18/h4-5,8H,2-3,6-7,9H2,1H3/b11-8-. The number of likely N-dealkylation sites (N-methyl/N-ethyl adjacent to an activating group) is 1. The molecule has 0 N–H and O–H groups in total. The number of hydrogen-bond acceptors (Lipinski definition) is 5. The molecule has 0 spiro atoms. The summed E-state index contributed by atoms with van der Waals surface area (Å²) in [5.74, 6) is 0.366. The fourth-order valence-electron chi connectivity index (χ4n) is 2.50. The van der Waals surface area contributed by atoms with Crippen molar-refractivity contribution in [1.82, 2.24) is 14.9 Å². The summed E-state index contributed by atoms with van der Waals surface area (Å²) in [7, 11) is 1.61. The minimum absolute atomic E-state index is 0.0492. The second-order valence-electron chi connectivity index (χ2n) is 5.06. The lowest BCUT2D eigenvalue weighted by atomic mass is 10.2. The van der Waals surface area contributed by atoms with Crippen LogP contribution >= 0.6 is 0 Å². The van der Waals surface area contributed by atoms with Crippen LogP contribution in [0, 0.1) is 0 Å². The third-order valence-electron chi connectivity index (χ3n) is 3.67. The minimum atomic E-state index is -0.171. The molecule has 104 valence electrons. The Kier molecular flexibility index (Phi) is 3.22. The number of allylic oxidation sites excluding steroid dienone is 1. The van der Waals surface area contributed by atoms with Crippen LogP contribution in [0.15, 0.2) is 18.0 Å². The van der Waals surface area contributed by atoms with Crippen LogP contribution in [0.2, 0.25) is 0 Å². The van der Waals surface area contributed by atoms with Gasteiger partial charge < -0.3 is 9.80 Å². The van der Waals surface area contributed by atoms with Gasteiger partial charge in [0.2, 0.25) is 11.9 Å². The maximum absolute atomic E-state index is 11.8. The summed E-state index contributed by atoms with van der Waals surface area (Å²) in [4.78, 5) is 35.5. The number of carbonyl (C=O) groups is 2. The van der Waals surface area contributed by atoms with Gasteiger partial charge in [-0.05, 0) is 25.0 Å². The second kappa shape index (κ2) is 5.03. The summed E-state index contributed by atoms with van der Waals surface area (Å²) in [5.41, 5.74) is 1.06. The van der Waals surface area contributed by atoms with E-state index in [1.807, 2.05) is 0 Å². The lowest BCUT2D eigenvalue weighted by Gasteiger charge is -2.15. The van der Waals surface area contributed by atoms with Crippen molar-refractivity contribution >= 4 is 23.7 Å². The molecule has 0 atom stereocenters. The Labute approximate surface area is 117 Å². The Morgan fingerprint density at radius 1 is 1.25 bits per heavy atom. The summed E-state index contributed by atoms with van der Waals surface area (Å²) in [6.07, 6.45) is 5.62. The molecule has 2 aliphatic heterocycles. The number of ketones is 1. The predicted octanol–water partition coefficient (Wildman–Crippen LogP) is 0.849. The van der Waals surface area contributed by atoms with Gasteiger partial charge >= 0.3 is 0 Å². The van der Waals surface area contributed by atoms with Crippen LogP contribution in [0.5, 0.6) is 0 Å². The summed E-state index contributed by atoms with van der Waals surface area (Å²) < 4.78 is 0. The van der Waals surface area contributed by atoms with Gasteiger partial charge in [0.1, 0.15) is 0 Å². The lowest BCUT2D eigenvalue weighted by molar-refractivity contribution is -0.126. The van der Waals surface area contributed by atoms with E-state index < -0.39 is 0 Å². The number of likely N-dealkylation sites (tertiary alicyclic amines) is 1. The molecular formula is C14H16N4O2. The molecule has 0 radical (unpaired) electrons. The summed E-state index contributed by atoms with van der Waals surface area (Å²) in [6.45, 7) is 1.94. The Balaban J connectivity index is 1.89. The first-order valence-corrected chi connectivity index (χ1v) is 6.74. The van der Waals surface area contributed by atoms with Crippen molar-refractivity contribution in [2.24, 2.45) is 0 Å². The third-order valence-corrected chi connectivity index (χ3v) is 3.67. The fraction of sp³-hybridized carbons (Fsp3) is 0.429. The molecule has 20 heavy (non-hydrogen) atoms. The van der Waals surface area contributed by atoms with E-state index in [1.165, 1.54) is 4.90 Å². The van der Waals surface area contributed by atoms with Crippen molar-refractivity contribution in [3.05, 3.63) is 23.7 Å². The molecular weight excluding hydrogens is 256 g/mol. The van der Waals surface area contributed by atoms with Gasteiger partial charge in [-0.15, -0.1) is 0 Å². The van der Waals surface area contributed by atoms with E-state index in [0.717, 1.165) is 25.9 Å². The fourth-order valence-corrected chi connectivity index (χ4v) is 2.50. The molecule has 2 aliphatic rings. The third kappa shape index (κ3) is 2.29. The van der Waals surface area contributed by atoms with Crippen molar-refractivity contribution in [2.45, 2.75) is 19.3 Å². The molecule has 1 amide bonds. The lowest BCUT2D eigenvalue weighted by Crippen LogP contribution is -2.20. The van der Waals surface area contributed by atoms with Crippen molar-refractivity contribution < 1.29 is 9.59 Å². The number of anilines is 1. The number of nitrogens with zero attached hydrogens (tertiary/aromatic N) is 4. The van der Waals surface area contributed by atoms with Gasteiger partial charge in [-0.2, -0.15) is 0 Å². The first-order chi connectivity index (χ1) is 9.65. The maximum Gasteiger partial charge on any atom is 0.234 e. The Hall–Kier alpha value is -2.24. The molecule has 0 aromatic carbocycles. The van der Waals surface area contributed by atoms with E-state index in [9.17, 15) is 9.59 Å². The smallest absolute Gasteiger partial charge is 0.234 e. The molecule has 0 saturated carbocycles. The monoisotopic (exact) mass is 272 g/mol. The zero-order valence-electron chi connectivity index (χ0n) is 11.4. The number of rotatable bonds is 2. The number of carbonyl (C=O) groups excluding carboxylic acids is 2. The molecule has 3 heterocycles. The highest BCUT2D eigenvalue weighted by Crippen LogP contribution is 2.20. The number of Topliss-reactive ketones (excluding diaryl/α,β-unsaturated/α-hetero) is 1. The van der Waals surface area contributed by atoms with Gasteiger partial charge in [-0.1, -0.05) is 0 Å². The van der Waals surface area contributed by atoms with Crippen LogP contribution in [0.3, 0.4) is 0 Å². The van der Waals surface area contributed by atoms with Gasteiger partial charge in [0.25, 0.3) is 0 Å². The molecule has 6 heteroatoms. The second-order valence-corrected chi connectivity index (χ2v) is 5.06. The highest BCUT2D eigenvalue weighted by Gasteiger charge is 2.30. The summed E-state index contributed by atoms with van der Waals surface area (Å²) >= 11 is 0. The van der Waals surface area contributed by atoms with Crippen LogP contribution in [-0.2, 0) is 9.59 Å². The van der Waals surface area contributed by atoms with Gasteiger partial charge in [-0.3, -0.25) is 9.59 Å². The topological polar surface area (TPSA) is 66.4 Å². The molecule has 3 rings (SSSR count). The van der Waals surface area contributed by atoms with E-state index in [0.29, 0.717) is 17.3 Å². The van der Waals surface area contributed by atoms with Gasteiger partial charge in [-0.25, -0.2) is 9.97 Å². The SMILES string of the molecule is CN1C(=O)CC(=O)/C1=C/c1ccnc(N2CCCC2)n1. The van der Waals surface area contributed by atoms with Crippen LogP contribution in [0.1, 0.15) is 25.0 Å². The van der Waals surface area contributed by atoms with Crippen LogP contribution in [0.4, 0.5) is 5.95 Å². The first-order valence-electron chi connectivity index (χ1n) is 6.74. The quantitative estimate of drug-likeness (QED) is 0.590. The van der Waals surface area contributed by atoms with Crippen molar-refractivity contribution in [3.8, 4) is 0 Å². The van der Waals surface area contributed by atoms with E-state index in [-0.39, 0.29) is 18.1 Å². The molecule has 6 nitrogen and oxygen atoms in total. The van der Waals surface area contributed by atoms with Gasteiger partial charge in [0, 0.05) is 26.3 Å². The average molecular weight is 272 g/mol. The zero-order chi connectivity index (χ0) is 14.1. The van der Waals surface area contributed by atoms with Crippen LogP contribution in [-0.4, -0.2) is 46.7 Å². The summed E-state index contributed by atoms with van der Waals surface area (Å²) in [5, 5.41) is 0. The van der Waals surface area contributed by atoms with Crippen molar-refractivity contribution in [1.29, 1.82) is 0 Å². The van der Waals surface area contributed by atoms with E-state index in [2.05, 4.69) is 14.9 Å². The van der Waals surface area contributed by atoms with E-state index >= 15 is 0 Å². The average Bonchev–Trinajstić information content (AvgIpc) is 3.05. The normalized spacial score (nSPS) is 21.4. The Morgan fingerprint density at radius 3 is 2.65 bits per heavy atom. The van der Waals surface area contributed by atoms with Crippen molar-refractivity contribution in [2.75, 3.05) is 25.0 Å². The number of aromatic nitrogens is 2. The van der Waals surface area contributed by atoms with Crippen LogP contribution in [0.25, 0.3) is 6.08 Å². The molecule has 2 fully saturated rings. The molecule has 0 bridgehead atoms. The Bertz CT molecular complexity index is 591. The first kappa shape index (κ1) is 12.8. The van der Waals surface area contributed by atoms with E-state index in [1.54, 1.807) is 25.4 Å².